The number of nitrogens with one attached hydrogen (secondary N) is 3. The molecule has 2 aromatic rings. The zero-order valence-electron chi connectivity index (χ0n) is 25.0. The number of hydrogen-bond acceptors (Lipinski definition) is 9. The molecule has 1 heterocycles. The number of nitrogens with zero attached hydrogens (tertiary/aromatic N) is 5. The lowest BCUT2D eigenvalue weighted by molar-refractivity contribution is -0.135. The Labute approximate surface area is 243 Å². The summed E-state index contributed by atoms with van der Waals surface area (Å²) in [4.78, 5) is 41.2. The topological polar surface area (TPSA) is 141 Å². The second kappa shape index (κ2) is 17.3. The number of aromatic nitrogens is 2. The fourth-order valence-electron chi connectivity index (χ4n) is 3.49. The molecule has 1 aromatic carbocycles. The molecule has 11 heteroatoms. The van der Waals surface area contributed by atoms with E-state index in [-0.39, 0.29) is 11.8 Å². The van der Waals surface area contributed by atoms with Crippen molar-refractivity contribution in [3.8, 4) is 11.8 Å². The third kappa shape index (κ3) is 11.3. The standard InChI is InChI=1S/C30H43N9O2/c1-7-16-33-28-23(21-35-30(37-28)36-25-14-15-26(31)24(19-25)20-32-3)12-9-8-10-17-34-29(41)22(2)39(6)27(40)13-11-18-38(4)5/h11,13-15,19-22H,7-8,10,16-18,31H2,1-6H3,(H,34,41)(H2,33,35,36,37)/b13-11+,32-20?/t22-/m0/s1. The van der Waals surface area contributed by atoms with Gasteiger partial charge in [0.25, 0.3) is 0 Å². The number of anilines is 4. The van der Waals surface area contributed by atoms with Gasteiger partial charge in [0.1, 0.15) is 11.9 Å². The lowest BCUT2D eigenvalue weighted by Gasteiger charge is -2.23. The summed E-state index contributed by atoms with van der Waals surface area (Å²) in [5, 5.41) is 9.41. The van der Waals surface area contributed by atoms with Crippen molar-refractivity contribution in [1.82, 2.24) is 25.1 Å². The number of carbonyl (C=O) groups excluding carboxylic acids is 2. The van der Waals surface area contributed by atoms with Crippen molar-refractivity contribution in [2.45, 2.75) is 39.2 Å². The lowest BCUT2D eigenvalue weighted by atomic mass is 10.1. The molecule has 0 aliphatic heterocycles. The molecule has 0 radical (unpaired) electrons. The molecule has 5 N–H and O–H groups in total. The van der Waals surface area contributed by atoms with Crippen molar-refractivity contribution in [2.24, 2.45) is 4.99 Å². The molecule has 0 fully saturated rings. The minimum atomic E-state index is -0.575. The number of carbonyl (C=O) groups is 2. The fourth-order valence-corrected chi connectivity index (χ4v) is 3.49. The fraction of sp³-hybridized carbons (Fsp3) is 0.433. The van der Waals surface area contributed by atoms with Gasteiger partial charge in [0, 0.05) is 69.4 Å². The average molecular weight is 562 g/mol. The highest BCUT2D eigenvalue weighted by Crippen LogP contribution is 2.21. The van der Waals surface area contributed by atoms with Gasteiger partial charge in [-0.15, -0.1) is 0 Å². The zero-order valence-corrected chi connectivity index (χ0v) is 25.0. The monoisotopic (exact) mass is 561 g/mol. The van der Waals surface area contributed by atoms with Crippen LogP contribution >= 0.6 is 0 Å². The molecule has 2 rings (SSSR count). The Hall–Kier alpha value is -4.43. The Morgan fingerprint density at radius 3 is 2.71 bits per heavy atom. The van der Waals surface area contributed by atoms with E-state index in [0.717, 1.165) is 24.2 Å². The predicted molar refractivity (Wildman–Crippen MR) is 168 cm³/mol. The van der Waals surface area contributed by atoms with Crippen LogP contribution in [0.25, 0.3) is 0 Å². The van der Waals surface area contributed by atoms with Crippen molar-refractivity contribution in [2.75, 3.05) is 64.2 Å². The quantitative estimate of drug-likeness (QED) is 0.0907. The summed E-state index contributed by atoms with van der Waals surface area (Å²) >= 11 is 0. The number of nitrogen functional groups attached to an aromatic ring is 1. The van der Waals surface area contributed by atoms with Gasteiger partial charge in [-0.1, -0.05) is 24.8 Å². The molecule has 0 saturated carbocycles. The minimum absolute atomic E-state index is 0.201. The van der Waals surface area contributed by atoms with Gasteiger partial charge in [0.05, 0.1) is 11.8 Å². The van der Waals surface area contributed by atoms with Crippen LogP contribution in [0.2, 0.25) is 0 Å². The van der Waals surface area contributed by atoms with Gasteiger partial charge in [0.2, 0.25) is 17.8 Å². The molecule has 0 unspecified atom stereocenters. The number of rotatable bonds is 14. The molecule has 11 nitrogen and oxygen atoms in total. The van der Waals surface area contributed by atoms with Gasteiger partial charge in [0.15, 0.2) is 0 Å². The van der Waals surface area contributed by atoms with E-state index in [2.05, 4.69) is 49.7 Å². The first-order valence-electron chi connectivity index (χ1n) is 13.7. The van der Waals surface area contributed by atoms with Crippen molar-refractivity contribution < 1.29 is 9.59 Å². The van der Waals surface area contributed by atoms with Gasteiger partial charge in [-0.3, -0.25) is 14.6 Å². The molecule has 0 saturated heterocycles. The number of nitrogens with two attached hydrogens (primary N) is 1. The molecule has 2 amide bonds. The van der Waals surface area contributed by atoms with Crippen molar-refractivity contribution >= 4 is 41.2 Å². The summed E-state index contributed by atoms with van der Waals surface area (Å²) in [5.74, 6) is 6.96. The maximum atomic E-state index is 12.5. The molecule has 220 valence electrons. The molecule has 0 aliphatic rings. The summed E-state index contributed by atoms with van der Waals surface area (Å²) < 4.78 is 0. The number of benzene rings is 1. The van der Waals surface area contributed by atoms with E-state index in [1.165, 1.54) is 11.0 Å². The van der Waals surface area contributed by atoms with Crippen molar-refractivity contribution in [1.29, 1.82) is 0 Å². The van der Waals surface area contributed by atoms with Crippen LogP contribution in [-0.4, -0.2) is 91.7 Å². The Morgan fingerprint density at radius 2 is 2.00 bits per heavy atom. The van der Waals surface area contributed by atoms with E-state index in [1.54, 1.807) is 45.6 Å². The SMILES string of the molecule is CCCNc1nc(Nc2ccc(N)c(C=NC)c2)ncc1C#CCCCNC(=O)[C@H](C)N(C)C(=O)/C=C/CN(C)C. The van der Waals surface area contributed by atoms with E-state index < -0.39 is 6.04 Å². The number of aliphatic imine (C=N–C) groups is 1. The Balaban J connectivity index is 1.93. The van der Waals surface area contributed by atoms with Crippen LogP contribution in [0.3, 0.4) is 0 Å². The van der Waals surface area contributed by atoms with Crippen molar-refractivity contribution in [3.05, 3.63) is 47.7 Å². The first kappa shape index (κ1) is 32.8. The summed E-state index contributed by atoms with van der Waals surface area (Å²) in [7, 11) is 7.16. The molecule has 1 aromatic heterocycles. The van der Waals surface area contributed by atoms with Gasteiger partial charge < -0.3 is 31.5 Å². The Kier molecular flexibility index (Phi) is 13.8. The van der Waals surface area contributed by atoms with Crippen LogP contribution in [0.4, 0.5) is 23.1 Å². The Bertz CT molecular complexity index is 1280. The molecule has 0 spiro atoms. The van der Waals surface area contributed by atoms with Crippen LogP contribution in [-0.2, 0) is 9.59 Å². The second-order valence-electron chi connectivity index (χ2n) is 9.72. The van der Waals surface area contributed by atoms with Gasteiger partial charge in [-0.25, -0.2) is 4.98 Å². The number of amides is 2. The van der Waals surface area contributed by atoms with Crippen molar-refractivity contribution in [3.63, 3.8) is 0 Å². The van der Waals surface area contributed by atoms with Crippen LogP contribution in [0.5, 0.6) is 0 Å². The molecule has 41 heavy (non-hydrogen) atoms. The van der Waals surface area contributed by atoms with E-state index in [9.17, 15) is 9.59 Å². The van der Waals surface area contributed by atoms with E-state index in [0.29, 0.717) is 48.9 Å². The summed E-state index contributed by atoms with van der Waals surface area (Å²) in [6.45, 7) is 5.65. The number of hydrogen-bond donors (Lipinski definition) is 4. The third-order valence-electron chi connectivity index (χ3n) is 5.98. The largest absolute Gasteiger partial charge is 0.398 e. The maximum absolute atomic E-state index is 12.5. The maximum Gasteiger partial charge on any atom is 0.246 e. The Morgan fingerprint density at radius 1 is 1.22 bits per heavy atom. The smallest absolute Gasteiger partial charge is 0.246 e. The van der Waals surface area contributed by atoms with E-state index >= 15 is 0 Å². The highest BCUT2D eigenvalue weighted by Gasteiger charge is 2.20. The summed E-state index contributed by atoms with van der Waals surface area (Å²) in [5.41, 5.74) is 8.94. The van der Waals surface area contributed by atoms with Gasteiger partial charge in [-0.2, -0.15) is 4.98 Å². The first-order valence-corrected chi connectivity index (χ1v) is 13.7. The van der Waals surface area contributed by atoms with Crippen LogP contribution in [0.1, 0.15) is 44.2 Å². The molecule has 1 atom stereocenters. The van der Waals surface area contributed by atoms with Crippen LogP contribution < -0.4 is 21.7 Å². The van der Waals surface area contributed by atoms with E-state index in [1.807, 2.05) is 31.1 Å². The first-order chi connectivity index (χ1) is 19.7. The second-order valence-corrected chi connectivity index (χ2v) is 9.72. The highest BCUT2D eigenvalue weighted by molar-refractivity contribution is 5.92. The summed E-state index contributed by atoms with van der Waals surface area (Å²) in [6.07, 6.45) is 8.84. The predicted octanol–water partition coefficient (Wildman–Crippen LogP) is 2.89. The minimum Gasteiger partial charge on any atom is -0.398 e. The molecular weight excluding hydrogens is 518 g/mol. The van der Waals surface area contributed by atoms with Gasteiger partial charge >= 0.3 is 0 Å². The molecular formula is C30H43N9O2. The molecule has 0 bridgehead atoms. The van der Waals surface area contributed by atoms with Crippen LogP contribution in [0, 0.1) is 11.8 Å². The normalized spacial score (nSPS) is 11.8. The number of unbranched alkanes of at least 4 members (excludes halogenated alkanes) is 1. The summed E-state index contributed by atoms with van der Waals surface area (Å²) in [6, 6.07) is 4.98. The molecule has 0 aliphatic carbocycles. The lowest BCUT2D eigenvalue weighted by Crippen LogP contribution is -2.45. The van der Waals surface area contributed by atoms with Gasteiger partial charge in [-0.05, 0) is 52.1 Å². The zero-order chi connectivity index (χ0) is 30.2. The van der Waals surface area contributed by atoms with Crippen LogP contribution in [0.15, 0.2) is 41.5 Å². The number of likely N-dealkylation sites (N-methyl/N-ethyl adjacent to an activating group) is 2. The van der Waals surface area contributed by atoms with E-state index in [4.69, 9.17) is 5.73 Å². The third-order valence-corrected chi connectivity index (χ3v) is 5.98. The average Bonchev–Trinajstić information content (AvgIpc) is 2.95. The highest BCUT2D eigenvalue weighted by atomic mass is 16.2.